The minimum Gasteiger partial charge on any atom is -0.457 e. The number of primary amides is 1. The SMILES string of the molecule is NC(=O)c1cn(C2CCCNC2)nc1-c1ccc(Oc2ccc(Cl)cc2)cc1. The molecule has 0 saturated carbocycles. The Bertz CT molecular complexity index is 961. The number of rotatable bonds is 5. The first kappa shape index (κ1) is 18.5. The lowest BCUT2D eigenvalue weighted by atomic mass is 10.1. The standard InChI is InChI=1S/C21H21ClN4O2/c22-15-5-9-18(10-6-15)28-17-7-3-14(4-8-17)20-19(21(23)27)13-26(25-20)16-2-1-11-24-12-16/h3-10,13,16,24H,1-2,11-12H2,(H2,23,27). The summed E-state index contributed by atoms with van der Waals surface area (Å²) in [5.74, 6) is 0.901. The van der Waals surface area contributed by atoms with Crippen molar-refractivity contribution < 1.29 is 9.53 Å². The van der Waals surface area contributed by atoms with Gasteiger partial charge in [0.1, 0.15) is 17.2 Å². The van der Waals surface area contributed by atoms with Crippen molar-refractivity contribution in [3.63, 3.8) is 0 Å². The summed E-state index contributed by atoms with van der Waals surface area (Å²) in [6.45, 7) is 1.86. The van der Waals surface area contributed by atoms with Gasteiger partial charge in [0, 0.05) is 23.3 Å². The summed E-state index contributed by atoms with van der Waals surface area (Å²) in [5.41, 5.74) is 7.44. The quantitative estimate of drug-likeness (QED) is 0.682. The molecule has 2 aromatic carbocycles. The zero-order valence-corrected chi connectivity index (χ0v) is 16.0. The molecule has 7 heteroatoms. The molecule has 3 aromatic rings. The lowest BCUT2D eigenvalue weighted by Crippen LogP contribution is -2.31. The number of carbonyl (C=O) groups excluding carboxylic acids is 1. The molecule has 0 spiro atoms. The maximum Gasteiger partial charge on any atom is 0.252 e. The predicted molar refractivity (Wildman–Crippen MR) is 109 cm³/mol. The van der Waals surface area contributed by atoms with E-state index in [4.69, 9.17) is 22.1 Å². The lowest BCUT2D eigenvalue weighted by molar-refractivity contribution is 0.100. The van der Waals surface area contributed by atoms with Crippen LogP contribution in [0.2, 0.25) is 5.02 Å². The second kappa shape index (κ2) is 8.04. The molecule has 2 heterocycles. The van der Waals surface area contributed by atoms with Gasteiger partial charge in [0.15, 0.2) is 0 Å². The van der Waals surface area contributed by atoms with Crippen LogP contribution in [0.5, 0.6) is 11.5 Å². The van der Waals surface area contributed by atoms with Gasteiger partial charge < -0.3 is 15.8 Å². The van der Waals surface area contributed by atoms with Gasteiger partial charge in [-0.25, -0.2) is 0 Å². The number of benzene rings is 2. The summed E-state index contributed by atoms with van der Waals surface area (Å²) in [4.78, 5) is 11.9. The van der Waals surface area contributed by atoms with E-state index in [1.807, 2.05) is 28.9 Å². The Labute approximate surface area is 168 Å². The van der Waals surface area contributed by atoms with Crippen molar-refractivity contribution in [3.8, 4) is 22.8 Å². The molecule has 1 aliphatic heterocycles. The highest BCUT2D eigenvalue weighted by Crippen LogP contribution is 2.29. The highest BCUT2D eigenvalue weighted by molar-refractivity contribution is 6.30. The van der Waals surface area contributed by atoms with Gasteiger partial charge in [-0.3, -0.25) is 9.48 Å². The fraction of sp³-hybridized carbons (Fsp3) is 0.238. The van der Waals surface area contributed by atoms with Crippen molar-refractivity contribution in [2.45, 2.75) is 18.9 Å². The third-order valence-corrected chi connectivity index (χ3v) is 5.07. The molecule has 4 rings (SSSR count). The smallest absolute Gasteiger partial charge is 0.252 e. The van der Waals surface area contributed by atoms with Crippen molar-refractivity contribution in [3.05, 3.63) is 65.3 Å². The number of hydrogen-bond donors (Lipinski definition) is 2. The maximum absolute atomic E-state index is 11.9. The highest BCUT2D eigenvalue weighted by Gasteiger charge is 2.21. The van der Waals surface area contributed by atoms with Crippen LogP contribution in [-0.4, -0.2) is 28.8 Å². The van der Waals surface area contributed by atoms with E-state index >= 15 is 0 Å². The first-order chi connectivity index (χ1) is 13.6. The molecule has 1 saturated heterocycles. The van der Waals surface area contributed by atoms with E-state index in [1.54, 1.807) is 30.5 Å². The van der Waals surface area contributed by atoms with E-state index in [1.165, 1.54) is 0 Å². The van der Waals surface area contributed by atoms with Crippen molar-refractivity contribution in [1.82, 2.24) is 15.1 Å². The number of hydrogen-bond acceptors (Lipinski definition) is 4. The van der Waals surface area contributed by atoms with Crippen LogP contribution >= 0.6 is 11.6 Å². The van der Waals surface area contributed by atoms with Crippen LogP contribution < -0.4 is 15.8 Å². The second-order valence-corrected chi connectivity index (χ2v) is 7.25. The summed E-state index contributed by atoms with van der Waals surface area (Å²) >= 11 is 5.90. The zero-order valence-electron chi connectivity index (χ0n) is 15.3. The summed E-state index contributed by atoms with van der Waals surface area (Å²) in [5, 5.41) is 8.69. The van der Waals surface area contributed by atoms with Crippen LogP contribution in [0.25, 0.3) is 11.3 Å². The lowest BCUT2D eigenvalue weighted by Gasteiger charge is -2.22. The molecule has 28 heavy (non-hydrogen) atoms. The molecule has 1 aromatic heterocycles. The fourth-order valence-electron chi connectivity index (χ4n) is 3.35. The van der Waals surface area contributed by atoms with Crippen molar-refractivity contribution in [1.29, 1.82) is 0 Å². The van der Waals surface area contributed by atoms with E-state index in [0.29, 0.717) is 27.8 Å². The monoisotopic (exact) mass is 396 g/mol. The van der Waals surface area contributed by atoms with Crippen LogP contribution in [0.15, 0.2) is 54.7 Å². The number of halogens is 1. The largest absolute Gasteiger partial charge is 0.457 e. The minimum absolute atomic E-state index is 0.230. The average molecular weight is 397 g/mol. The number of ether oxygens (including phenoxy) is 1. The van der Waals surface area contributed by atoms with Crippen LogP contribution in [-0.2, 0) is 0 Å². The van der Waals surface area contributed by atoms with E-state index in [9.17, 15) is 4.79 Å². The molecular weight excluding hydrogens is 376 g/mol. The summed E-state index contributed by atoms with van der Waals surface area (Å²) in [6, 6.07) is 14.8. The van der Waals surface area contributed by atoms with Crippen LogP contribution in [0, 0.1) is 0 Å². The predicted octanol–water partition coefficient (Wildman–Crippen LogP) is 4.02. The molecular formula is C21H21ClN4O2. The van der Waals surface area contributed by atoms with Gasteiger partial charge in [0.05, 0.1) is 11.6 Å². The normalized spacial score (nSPS) is 16.7. The average Bonchev–Trinajstić information content (AvgIpc) is 3.17. The van der Waals surface area contributed by atoms with Gasteiger partial charge in [-0.05, 0) is 67.9 Å². The van der Waals surface area contributed by atoms with Crippen molar-refractivity contribution >= 4 is 17.5 Å². The molecule has 3 N–H and O–H groups in total. The number of aromatic nitrogens is 2. The van der Waals surface area contributed by atoms with E-state index < -0.39 is 5.91 Å². The Morgan fingerprint density at radius 1 is 1.14 bits per heavy atom. The Hall–Kier alpha value is -2.83. The molecule has 0 bridgehead atoms. The van der Waals surface area contributed by atoms with E-state index in [-0.39, 0.29) is 6.04 Å². The molecule has 0 radical (unpaired) electrons. The third kappa shape index (κ3) is 4.03. The number of piperidine rings is 1. The van der Waals surface area contributed by atoms with Gasteiger partial charge in [-0.15, -0.1) is 0 Å². The number of nitrogens with two attached hydrogens (primary N) is 1. The van der Waals surface area contributed by atoms with Gasteiger partial charge in [-0.2, -0.15) is 5.10 Å². The number of nitrogens with one attached hydrogen (secondary N) is 1. The maximum atomic E-state index is 11.9. The molecule has 0 aliphatic carbocycles. The second-order valence-electron chi connectivity index (χ2n) is 6.82. The molecule has 1 unspecified atom stereocenters. The van der Waals surface area contributed by atoms with Gasteiger partial charge in [0.2, 0.25) is 0 Å². The van der Waals surface area contributed by atoms with Gasteiger partial charge in [0.25, 0.3) is 5.91 Å². The number of carbonyl (C=O) groups is 1. The molecule has 1 fully saturated rings. The molecule has 6 nitrogen and oxygen atoms in total. The molecule has 144 valence electrons. The molecule has 1 aliphatic rings. The van der Waals surface area contributed by atoms with Gasteiger partial charge in [-0.1, -0.05) is 11.6 Å². The van der Waals surface area contributed by atoms with E-state index in [2.05, 4.69) is 10.4 Å². The summed E-state index contributed by atoms with van der Waals surface area (Å²) in [7, 11) is 0. The van der Waals surface area contributed by atoms with Crippen LogP contribution in [0.3, 0.4) is 0 Å². The van der Waals surface area contributed by atoms with Gasteiger partial charge >= 0.3 is 0 Å². The third-order valence-electron chi connectivity index (χ3n) is 4.82. The topological polar surface area (TPSA) is 82.2 Å². The van der Waals surface area contributed by atoms with Crippen molar-refractivity contribution in [2.75, 3.05) is 13.1 Å². The molecule has 1 amide bonds. The van der Waals surface area contributed by atoms with Crippen molar-refractivity contribution in [2.24, 2.45) is 5.73 Å². The minimum atomic E-state index is -0.480. The molecule has 1 atom stereocenters. The Balaban J connectivity index is 1.58. The zero-order chi connectivity index (χ0) is 19.5. The Morgan fingerprint density at radius 3 is 2.43 bits per heavy atom. The highest BCUT2D eigenvalue weighted by atomic mass is 35.5. The first-order valence-electron chi connectivity index (χ1n) is 9.24. The Kier molecular flexibility index (Phi) is 5.32. The Morgan fingerprint density at radius 2 is 1.82 bits per heavy atom. The van der Waals surface area contributed by atoms with Crippen LogP contribution in [0.4, 0.5) is 0 Å². The summed E-state index contributed by atoms with van der Waals surface area (Å²) in [6.07, 6.45) is 3.87. The fourth-order valence-corrected chi connectivity index (χ4v) is 3.48. The summed E-state index contributed by atoms with van der Waals surface area (Å²) < 4.78 is 7.68. The van der Waals surface area contributed by atoms with Crippen LogP contribution in [0.1, 0.15) is 29.2 Å². The first-order valence-corrected chi connectivity index (χ1v) is 9.61. The number of nitrogens with zero attached hydrogens (tertiary/aromatic N) is 2. The number of amides is 1. The van der Waals surface area contributed by atoms with E-state index in [0.717, 1.165) is 31.5 Å².